The first-order chi connectivity index (χ1) is 11.1. The number of nitrogens with zero attached hydrogens (tertiary/aromatic N) is 3. The molecule has 0 saturated carbocycles. The van der Waals surface area contributed by atoms with Gasteiger partial charge < -0.3 is 5.73 Å². The lowest BCUT2D eigenvalue weighted by Crippen LogP contribution is -2.13. The quantitative estimate of drug-likeness (QED) is 0.754. The number of nitrogen functional groups attached to an aromatic ring is 1. The van der Waals surface area contributed by atoms with Crippen LogP contribution in [0.5, 0.6) is 0 Å². The van der Waals surface area contributed by atoms with Crippen LogP contribution in [-0.4, -0.2) is 23.0 Å². The van der Waals surface area contributed by atoms with E-state index < -0.39 is 9.84 Å². The maximum absolute atomic E-state index is 12.8. The van der Waals surface area contributed by atoms with E-state index in [1.54, 1.807) is 6.07 Å². The summed E-state index contributed by atoms with van der Waals surface area (Å²) in [7, 11) is -3.81. The van der Waals surface area contributed by atoms with Crippen molar-refractivity contribution in [1.82, 2.24) is 14.6 Å². The zero-order valence-electron chi connectivity index (χ0n) is 13.5. The molecule has 0 spiro atoms. The fourth-order valence-electron chi connectivity index (χ4n) is 2.25. The maximum atomic E-state index is 12.8. The number of hydrogen-bond donors (Lipinski definition) is 1. The van der Waals surface area contributed by atoms with Gasteiger partial charge in [0, 0.05) is 16.5 Å². The minimum absolute atomic E-state index is 0.0328. The van der Waals surface area contributed by atoms with Crippen molar-refractivity contribution in [2.75, 3.05) is 5.73 Å². The molecule has 0 amide bonds. The van der Waals surface area contributed by atoms with Crippen LogP contribution in [0.25, 0.3) is 5.65 Å². The fraction of sp³-hybridized carbons (Fsp3) is 0.250. The zero-order chi connectivity index (χ0) is 17.7. The lowest BCUT2D eigenvalue weighted by Gasteiger charge is -2.13. The van der Waals surface area contributed by atoms with Crippen molar-refractivity contribution in [2.45, 2.75) is 36.0 Å². The fourth-order valence-corrected chi connectivity index (χ4v) is 3.68. The first kappa shape index (κ1) is 16.7. The zero-order valence-corrected chi connectivity index (χ0v) is 15.1. The van der Waals surface area contributed by atoms with E-state index in [9.17, 15) is 8.42 Å². The Morgan fingerprint density at radius 1 is 1.17 bits per heavy atom. The van der Waals surface area contributed by atoms with Crippen molar-refractivity contribution in [3.8, 4) is 0 Å². The van der Waals surface area contributed by atoms with E-state index in [0.717, 1.165) is 5.69 Å². The van der Waals surface area contributed by atoms with Crippen LogP contribution >= 0.6 is 11.6 Å². The Morgan fingerprint density at radius 2 is 1.79 bits per heavy atom. The second-order valence-electron chi connectivity index (χ2n) is 6.51. The monoisotopic (exact) mass is 364 g/mol. The summed E-state index contributed by atoms with van der Waals surface area (Å²) in [4.78, 5) is 4.22. The Hall–Kier alpha value is -2.12. The summed E-state index contributed by atoms with van der Waals surface area (Å²) < 4.78 is 27.0. The van der Waals surface area contributed by atoms with Crippen molar-refractivity contribution >= 4 is 32.9 Å². The van der Waals surface area contributed by atoms with E-state index in [1.165, 1.54) is 35.0 Å². The number of benzene rings is 1. The van der Waals surface area contributed by atoms with Gasteiger partial charge in [-0.15, -0.1) is 0 Å². The average Bonchev–Trinajstić information content (AvgIpc) is 2.93. The van der Waals surface area contributed by atoms with E-state index in [1.807, 2.05) is 20.8 Å². The van der Waals surface area contributed by atoms with Crippen molar-refractivity contribution < 1.29 is 8.42 Å². The number of nitrogens with two attached hydrogens (primary N) is 1. The van der Waals surface area contributed by atoms with E-state index >= 15 is 0 Å². The molecule has 3 rings (SSSR count). The minimum Gasteiger partial charge on any atom is -0.382 e. The van der Waals surface area contributed by atoms with Gasteiger partial charge in [0.1, 0.15) is 10.7 Å². The summed E-state index contributed by atoms with van der Waals surface area (Å²) in [6.45, 7) is 6.03. The largest absolute Gasteiger partial charge is 0.382 e. The van der Waals surface area contributed by atoms with Crippen LogP contribution in [0, 0.1) is 0 Å². The summed E-state index contributed by atoms with van der Waals surface area (Å²) in [5.74, 6) is 0.0328. The number of aromatic nitrogens is 3. The third-order valence-electron chi connectivity index (χ3n) is 3.67. The Kier molecular flexibility index (Phi) is 3.80. The lowest BCUT2D eigenvalue weighted by molar-refractivity contribution is 0.562. The van der Waals surface area contributed by atoms with Crippen LogP contribution in [0.2, 0.25) is 5.02 Å². The molecule has 0 aliphatic carbocycles. The van der Waals surface area contributed by atoms with Crippen LogP contribution in [0.3, 0.4) is 0 Å². The average molecular weight is 365 g/mol. The number of rotatable bonds is 2. The van der Waals surface area contributed by atoms with Gasteiger partial charge in [0.05, 0.1) is 16.8 Å². The highest BCUT2D eigenvalue weighted by Gasteiger charge is 2.25. The van der Waals surface area contributed by atoms with Crippen molar-refractivity contribution in [2.24, 2.45) is 0 Å². The number of anilines is 1. The van der Waals surface area contributed by atoms with Crippen molar-refractivity contribution in [3.63, 3.8) is 0 Å². The molecule has 126 valence electrons. The molecule has 0 bridgehead atoms. The van der Waals surface area contributed by atoms with Crippen LogP contribution < -0.4 is 5.73 Å². The molecule has 8 heteroatoms. The van der Waals surface area contributed by atoms with Crippen LogP contribution in [-0.2, 0) is 15.3 Å². The Bertz CT molecular complexity index is 1020. The van der Waals surface area contributed by atoms with Gasteiger partial charge in [0.25, 0.3) is 0 Å². The summed E-state index contributed by atoms with van der Waals surface area (Å²) in [6.07, 6.45) is 1.27. The molecule has 6 nitrogen and oxygen atoms in total. The molecule has 1 aromatic carbocycles. The molecule has 0 fully saturated rings. The van der Waals surface area contributed by atoms with Gasteiger partial charge in [-0.2, -0.15) is 9.61 Å². The highest BCUT2D eigenvalue weighted by molar-refractivity contribution is 7.91. The second-order valence-corrected chi connectivity index (χ2v) is 8.87. The Morgan fingerprint density at radius 3 is 2.38 bits per heavy atom. The van der Waals surface area contributed by atoms with Gasteiger partial charge in [0.2, 0.25) is 9.84 Å². The van der Waals surface area contributed by atoms with Gasteiger partial charge in [-0.25, -0.2) is 13.4 Å². The van der Waals surface area contributed by atoms with Gasteiger partial charge in [-0.1, -0.05) is 32.4 Å². The Labute approximate surface area is 145 Å². The molecular weight excluding hydrogens is 348 g/mol. The van der Waals surface area contributed by atoms with Crippen LogP contribution in [0.15, 0.2) is 46.3 Å². The normalized spacial score (nSPS) is 12.7. The minimum atomic E-state index is -3.81. The molecule has 0 aliphatic heterocycles. The maximum Gasteiger partial charge on any atom is 0.211 e. The number of fused-ring (bicyclic) bond motifs is 1. The molecular formula is C16H17ClN4O2S. The van der Waals surface area contributed by atoms with E-state index in [2.05, 4.69) is 10.1 Å². The van der Waals surface area contributed by atoms with Gasteiger partial charge in [0.15, 0.2) is 5.65 Å². The molecule has 2 aromatic heterocycles. The molecule has 3 aromatic rings. The second kappa shape index (κ2) is 5.46. The number of sulfone groups is 1. The predicted molar refractivity (Wildman–Crippen MR) is 93.0 cm³/mol. The van der Waals surface area contributed by atoms with Crippen molar-refractivity contribution in [1.29, 1.82) is 0 Å². The predicted octanol–water partition coefficient (Wildman–Crippen LogP) is 3.10. The standard InChI is InChI=1S/C16H17ClN4O2S/c1-16(2,3)13-8-14-19-9-12(15(18)21(14)20-13)24(22,23)11-6-4-10(17)5-7-11/h4-9H,18H2,1-3H3. The van der Waals surface area contributed by atoms with E-state index in [4.69, 9.17) is 17.3 Å². The van der Waals surface area contributed by atoms with Gasteiger partial charge >= 0.3 is 0 Å². The molecule has 2 heterocycles. The molecule has 0 aliphatic rings. The van der Waals surface area contributed by atoms with Gasteiger partial charge in [-0.3, -0.25) is 0 Å². The Balaban J connectivity index is 2.20. The summed E-state index contributed by atoms with van der Waals surface area (Å²) in [5, 5.41) is 4.87. The number of halogens is 1. The highest BCUT2D eigenvalue weighted by Crippen LogP contribution is 2.28. The first-order valence-corrected chi connectivity index (χ1v) is 9.12. The third-order valence-corrected chi connectivity index (χ3v) is 5.71. The number of hydrogen-bond acceptors (Lipinski definition) is 5. The van der Waals surface area contributed by atoms with E-state index in [0.29, 0.717) is 10.7 Å². The summed E-state index contributed by atoms with van der Waals surface area (Å²) in [5.41, 5.74) is 7.17. The van der Waals surface area contributed by atoms with Crippen molar-refractivity contribution in [3.05, 3.63) is 47.2 Å². The third kappa shape index (κ3) is 2.74. The molecule has 0 atom stereocenters. The summed E-state index contributed by atoms with van der Waals surface area (Å²) in [6, 6.07) is 7.70. The van der Waals surface area contributed by atoms with Gasteiger partial charge in [-0.05, 0) is 24.3 Å². The topological polar surface area (TPSA) is 90.3 Å². The van der Waals surface area contributed by atoms with Crippen LogP contribution in [0.1, 0.15) is 26.5 Å². The SMILES string of the molecule is CC(C)(C)c1cc2ncc(S(=O)(=O)c3ccc(Cl)cc3)c(N)n2n1. The molecule has 2 N–H and O–H groups in total. The molecule has 0 radical (unpaired) electrons. The molecule has 0 unspecified atom stereocenters. The molecule has 0 saturated heterocycles. The lowest BCUT2D eigenvalue weighted by atomic mass is 9.93. The summed E-state index contributed by atoms with van der Waals surface area (Å²) >= 11 is 5.82. The smallest absolute Gasteiger partial charge is 0.211 e. The van der Waals surface area contributed by atoms with Crippen LogP contribution in [0.4, 0.5) is 5.82 Å². The highest BCUT2D eigenvalue weighted by atomic mass is 35.5. The molecule has 24 heavy (non-hydrogen) atoms. The first-order valence-electron chi connectivity index (χ1n) is 7.26. The van der Waals surface area contributed by atoms with E-state index in [-0.39, 0.29) is 21.0 Å².